The van der Waals surface area contributed by atoms with E-state index in [1.165, 1.54) is 12.1 Å². The molecule has 0 aliphatic heterocycles. The van der Waals surface area contributed by atoms with E-state index in [1.54, 1.807) is 29.1 Å². The number of carbonyl (C=O) groups excluding carboxylic acids is 1. The molecule has 0 saturated carbocycles. The molecule has 0 aliphatic rings. The number of benzene rings is 1. The highest BCUT2D eigenvalue weighted by Crippen LogP contribution is 2.25. The van der Waals surface area contributed by atoms with Gasteiger partial charge >= 0.3 is 0 Å². The largest absolute Gasteiger partial charge is 0.355 e. The van der Waals surface area contributed by atoms with E-state index in [-0.39, 0.29) is 29.4 Å². The second-order valence-electron chi connectivity index (χ2n) is 6.59. The van der Waals surface area contributed by atoms with Gasteiger partial charge in [0.25, 0.3) is 5.91 Å². The molecule has 2 heterocycles. The van der Waals surface area contributed by atoms with Crippen molar-refractivity contribution in [2.24, 2.45) is 13.0 Å². The highest BCUT2D eigenvalue weighted by molar-refractivity contribution is 5.93. The molecule has 1 amide bonds. The summed E-state index contributed by atoms with van der Waals surface area (Å²) >= 11 is 0. The number of nitrogens with zero attached hydrogens (tertiary/aromatic N) is 3. The first-order valence-corrected chi connectivity index (χ1v) is 8.39. The van der Waals surface area contributed by atoms with Crippen molar-refractivity contribution in [1.29, 1.82) is 0 Å². The van der Waals surface area contributed by atoms with E-state index in [2.05, 4.69) is 15.6 Å². The minimum atomic E-state index is -0.343. The van der Waals surface area contributed by atoms with Gasteiger partial charge in [-0.15, -0.1) is 0 Å². The van der Waals surface area contributed by atoms with Crippen molar-refractivity contribution in [1.82, 2.24) is 20.3 Å². The molecule has 0 aliphatic carbocycles. The predicted molar refractivity (Wildman–Crippen MR) is 94.9 cm³/mol. The number of halogens is 1. The first-order chi connectivity index (χ1) is 12.4. The molecule has 136 valence electrons. The van der Waals surface area contributed by atoms with Crippen LogP contribution in [-0.2, 0) is 7.05 Å². The summed E-state index contributed by atoms with van der Waals surface area (Å²) in [4.78, 5) is 12.6. The summed E-state index contributed by atoms with van der Waals surface area (Å²) in [6.07, 6.45) is 1.67. The Hall–Kier alpha value is -2.96. The van der Waals surface area contributed by atoms with Crippen molar-refractivity contribution in [3.63, 3.8) is 0 Å². The SMILES string of the molecule is Cc1c(-c2cc(C(=O)NC(c3ccc(F)cc3)C(C)C)no2)cnn1C. The van der Waals surface area contributed by atoms with Crippen LogP contribution < -0.4 is 5.32 Å². The van der Waals surface area contributed by atoms with E-state index in [4.69, 9.17) is 4.52 Å². The minimum Gasteiger partial charge on any atom is -0.355 e. The smallest absolute Gasteiger partial charge is 0.273 e. The van der Waals surface area contributed by atoms with Crippen LogP contribution >= 0.6 is 0 Å². The third kappa shape index (κ3) is 3.51. The number of aryl methyl sites for hydroxylation is 1. The molecule has 0 fully saturated rings. The fraction of sp³-hybridized carbons (Fsp3) is 0.316. The molecule has 1 aromatic carbocycles. The van der Waals surface area contributed by atoms with Crippen LogP contribution in [0.4, 0.5) is 4.39 Å². The molecule has 7 heteroatoms. The zero-order valence-corrected chi connectivity index (χ0v) is 15.2. The highest BCUT2D eigenvalue weighted by Gasteiger charge is 2.22. The maximum atomic E-state index is 13.2. The number of hydrogen-bond acceptors (Lipinski definition) is 4. The van der Waals surface area contributed by atoms with Crippen molar-refractivity contribution in [3.8, 4) is 11.3 Å². The number of rotatable bonds is 5. The summed E-state index contributed by atoms with van der Waals surface area (Å²) < 4.78 is 20.2. The van der Waals surface area contributed by atoms with Gasteiger partial charge in [0, 0.05) is 18.8 Å². The molecule has 0 bridgehead atoms. The molecule has 1 atom stereocenters. The van der Waals surface area contributed by atoms with E-state index < -0.39 is 0 Å². The molecule has 26 heavy (non-hydrogen) atoms. The minimum absolute atomic E-state index is 0.122. The van der Waals surface area contributed by atoms with Gasteiger partial charge in [0.1, 0.15) is 5.82 Å². The summed E-state index contributed by atoms with van der Waals surface area (Å²) in [7, 11) is 1.83. The van der Waals surface area contributed by atoms with Crippen LogP contribution in [0.5, 0.6) is 0 Å². The molecule has 6 nitrogen and oxygen atoms in total. The third-order valence-electron chi connectivity index (χ3n) is 4.43. The van der Waals surface area contributed by atoms with Gasteiger partial charge < -0.3 is 9.84 Å². The van der Waals surface area contributed by atoms with Gasteiger partial charge in [0.05, 0.1) is 17.8 Å². The standard InChI is InChI=1S/C19H21FN4O2/c1-11(2)18(13-5-7-14(20)8-6-13)22-19(25)16-9-17(26-23-16)15-10-21-24(4)12(15)3/h5-11,18H,1-4H3,(H,22,25). The number of amides is 1. The molecular formula is C19H21FN4O2. The lowest BCUT2D eigenvalue weighted by Crippen LogP contribution is -2.31. The van der Waals surface area contributed by atoms with Crippen LogP contribution in [0.1, 0.15) is 41.6 Å². The van der Waals surface area contributed by atoms with Crippen LogP contribution in [0.3, 0.4) is 0 Å². The molecular weight excluding hydrogens is 335 g/mol. The Balaban J connectivity index is 1.80. The molecule has 0 spiro atoms. The molecule has 2 aromatic heterocycles. The van der Waals surface area contributed by atoms with Gasteiger partial charge in [-0.05, 0) is 30.5 Å². The highest BCUT2D eigenvalue weighted by atomic mass is 19.1. The predicted octanol–water partition coefficient (Wildman–Crippen LogP) is 3.65. The third-order valence-corrected chi connectivity index (χ3v) is 4.43. The summed E-state index contributed by atoms with van der Waals surface area (Å²) in [6.45, 7) is 5.89. The lowest BCUT2D eigenvalue weighted by molar-refractivity contribution is 0.0916. The number of hydrogen-bond donors (Lipinski definition) is 1. The number of aromatic nitrogens is 3. The van der Waals surface area contributed by atoms with Crippen LogP contribution in [0.2, 0.25) is 0 Å². The van der Waals surface area contributed by atoms with Crippen molar-refractivity contribution in [2.45, 2.75) is 26.8 Å². The van der Waals surface area contributed by atoms with Crippen molar-refractivity contribution >= 4 is 5.91 Å². The van der Waals surface area contributed by atoms with E-state index in [0.717, 1.165) is 16.8 Å². The van der Waals surface area contributed by atoms with Crippen molar-refractivity contribution in [2.75, 3.05) is 0 Å². The average Bonchev–Trinajstić information content (AvgIpc) is 3.21. The van der Waals surface area contributed by atoms with Gasteiger partial charge in [-0.2, -0.15) is 5.10 Å². The van der Waals surface area contributed by atoms with E-state index in [1.807, 2.05) is 27.8 Å². The Bertz CT molecular complexity index is 912. The topological polar surface area (TPSA) is 73.0 Å². The van der Waals surface area contributed by atoms with E-state index in [0.29, 0.717) is 5.76 Å². The van der Waals surface area contributed by atoms with Gasteiger partial charge in [0.2, 0.25) is 0 Å². The van der Waals surface area contributed by atoms with Crippen LogP contribution in [0.15, 0.2) is 41.1 Å². The molecule has 0 saturated heterocycles. The fourth-order valence-corrected chi connectivity index (χ4v) is 2.77. The Morgan fingerprint density at radius 3 is 2.54 bits per heavy atom. The Labute approximate surface area is 151 Å². The molecule has 3 aromatic rings. The van der Waals surface area contributed by atoms with Gasteiger partial charge in [-0.1, -0.05) is 31.1 Å². The van der Waals surface area contributed by atoms with Gasteiger partial charge in [-0.3, -0.25) is 9.48 Å². The summed E-state index contributed by atoms with van der Waals surface area (Å²) in [5.41, 5.74) is 2.73. The van der Waals surface area contributed by atoms with Gasteiger partial charge in [0.15, 0.2) is 11.5 Å². The first kappa shape index (κ1) is 17.8. The van der Waals surface area contributed by atoms with E-state index in [9.17, 15) is 9.18 Å². The Morgan fingerprint density at radius 2 is 1.96 bits per heavy atom. The van der Waals surface area contributed by atoms with Crippen LogP contribution in [0.25, 0.3) is 11.3 Å². The zero-order chi connectivity index (χ0) is 18.8. The number of carbonyl (C=O) groups is 1. The molecule has 1 N–H and O–H groups in total. The lowest BCUT2D eigenvalue weighted by Gasteiger charge is -2.22. The lowest BCUT2D eigenvalue weighted by atomic mass is 9.96. The quantitative estimate of drug-likeness (QED) is 0.757. The van der Waals surface area contributed by atoms with Crippen molar-refractivity contribution < 1.29 is 13.7 Å². The number of nitrogens with one attached hydrogen (secondary N) is 1. The first-order valence-electron chi connectivity index (χ1n) is 8.39. The Morgan fingerprint density at radius 1 is 1.27 bits per heavy atom. The molecule has 1 unspecified atom stereocenters. The van der Waals surface area contributed by atoms with Crippen LogP contribution in [-0.4, -0.2) is 20.8 Å². The fourth-order valence-electron chi connectivity index (χ4n) is 2.77. The van der Waals surface area contributed by atoms with Gasteiger partial charge in [-0.25, -0.2) is 4.39 Å². The van der Waals surface area contributed by atoms with Crippen LogP contribution in [0, 0.1) is 18.7 Å². The monoisotopic (exact) mass is 356 g/mol. The average molecular weight is 356 g/mol. The summed E-state index contributed by atoms with van der Waals surface area (Å²) in [5.74, 6) is -0.0416. The molecule has 0 radical (unpaired) electrons. The normalized spacial score (nSPS) is 12.4. The zero-order valence-electron chi connectivity index (χ0n) is 15.2. The maximum absolute atomic E-state index is 13.2. The maximum Gasteiger partial charge on any atom is 0.273 e. The summed E-state index contributed by atoms with van der Waals surface area (Å²) in [6, 6.07) is 7.46. The second kappa shape index (κ2) is 7.11. The second-order valence-corrected chi connectivity index (χ2v) is 6.59. The van der Waals surface area contributed by atoms with E-state index >= 15 is 0 Å². The van der Waals surface area contributed by atoms with Crippen molar-refractivity contribution in [3.05, 3.63) is 59.3 Å². The molecule has 3 rings (SSSR count). The summed E-state index contributed by atoms with van der Waals surface area (Å²) in [5, 5.41) is 11.0. The Kier molecular flexibility index (Phi) is 4.88.